The first kappa shape index (κ1) is 13.6. The van der Waals surface area contributed by atoms with Crippen molar-refractivity contribution in [3.63, 3.8) is 0 Å². The average molecular weight is 268 g/mol. The molecule has 0 radical (unpaired) electrons. The van der Waals surface area contributed by atoms with Crippen molar-refractivity contribution in [1.82, 2.24) is 9.88 Å². The molecule has 0 amide bonds. The first-order chi connectivity index (χ1) is 8.74. The van der Waals surface area contributed by atoms with E-state index in [0.717, 1.165) is 24.5 Å². The number of hydrogen-bond acceptors (Lipinski definition) is 3. The molecule has 100 valence electrons. The number of halogens is 1. The lowest BCUT2D eigenvalue weighted by Gasteiger charge is -2.28. The fraction of sp³-hybridized carbons (Fsp3) is 0.643. The van der Waals surface area contributed by atoms with Gasteiger partial charge in [0.05, 0.1) is 0 Å². The topological polar surface area (TPSA) is 19.4 Å². The fourth-order valence-corrected chi connectivity index (χ4v) is 2.85. The summed E-state index contributed by atoms with van der Waals surface area (Å²) in [4.78, 5) is 9.23. The smallest absolute Gasteiger partial charge is 0.128 e. The van der Waals surface area contributed by atoms with Crippen LogP contribution in [0.3, 0.4) is 0 Å². The molecule has 2 heterocycles. The zero-order chi connectivity index (χ0) is 13.0. The molecule has 1 aliphatic heterocycles. The Bertz CT molecular complexity index is 383. The number of pyridine rings is 1. The van der Waals surface area contributed by atoms with E-state index in [9.17, 15) is 0 Å². The number of rotatable bonds is 5. The van der Waals surface area contributed by atoms with Crippen LogP contribution in [0.4, 0.5) is 5.82 Å². The number of anilines is 1. The van der Waals surface area contributed by atoms with E-state index < -0.39 is 0 Å². The Labute approximate surface area is 115 Å². The first-order valence-electron chi connectivity index (χ1n) is 6.70. The van der Waals surface area contributed by atoms with Crippen LogP contribution in [0.15, 0.2) is 18.3 Å². The quantitative estimate of drug-likeness (QED) is 0.765. The van der Waals surface area contributed by atoms with Crippen molar-refractivity contribution < 1.29 is 0 Å². The summed E-state index contributed by atoms with van der Waals surface area (Å²) >= 11 is 5.86. The molecule has 1 aromatic heterocycles. The normalized spacial score (nSPS) is 20.3. The third-order valence-corrected chi connectivity index (χ3v) is 4.05. The van der Waals surface area contributed by atoms with Gasteiger partial charge in [-0.15, -0.1) is 11.6 Å². The van der Waals surface area contributed by atoms with E-state index >= 15 is 0 Å². The Morgan fingerprint density at radius 2 is 2.39 bits per heavy atom. The second kappa shape index (κ2) is 6.39. The van der Waals surface area contributed by atoms with E-state index in [0.29, 0.717) is 11.9 Å². The van der Waals surface area contributed by atoms with Crippen LogP contribution in [0, 0.1) is 0 Å². The summed E-state index contributed by atoms with van der Waals surface area (Å²) in [6.45, 7) is 5.68. The molecule has 18 heavy (non-hydrogen) atoms. The highest BCUT2D eigenvalue weighted by Gasteiger charge is 2.24. The minimum Gasteiger partial charge on any atom is -0.358 e. The molecule has 2 rings (SSSR count). The van der Waals surface area contributed by atoms with Gasteiger partial charge in [-0.1, -0.05) is 6.92 Å². The van der Waals surface area contributed by atoms with E-state index in [1.807, 2.05) is 12.3 Å². The molecule has 1 atom stereocenters. The van der Waals surface area contributed by atoms with Gasteiger partial charge in [-0.2, -0.15) is 0 Å². The van der Waals surface area contributed by atoms with Gasteiger partial charge in [-0.25, -0.2) is 4.98 Å². The third-order valence-electron chi connectivity index (χ3n) is 3.75. The van der Waals surface area contributed by atoms with Crippen LogP contribution >= 0.6 is 11.6 Å². The second-order valence-corrected chi connectivity index (χ2v) is 5.23. The number of hydrogen-bond donors (Lipinski definition) is 0. The van der Waals surface area contributed by atoms with Crippen molar-refractivity contribution >= 4 is 17.4 Å². The van der Waals surface area contributed by atoms with E-state index in [2.05, 4.69) is 34.8 Å². The van der Waals surface area contributed by atoms with Gasteiger partial charge in [0.2, 0.25) is 0 Å². The summed E-state index contributed by atoms with van der Waals surface area (Å²) in [5, 5.41) is 0. The van der Waals surface area contributed by atoms with Gasteiger partial charge in [0, 0.05) is 31.7 Å². The number of likely N-dealkylation sites (tertiary alicyclic amines) is 1. The van der Waals surface area contributed by atoms with Crippen molar-refractivity contribution in [2.45, 2.75) is 31.7 Å². The monoisotopic (exact) mass is 267 g/mol. The largest absolute Gasteiger partial charge is 0.358 e. The Kier molecular flexibility index (Phi) is 4.84. The molecule has 1 aromatic rings. The van der Waals surface area contributed by atoms with Gasteiger partial charge in [0.15, 0.2) is 0 Å². The van der Waals surface area contributed by atoms with Crippen molar-refractivity contribution in [1.29, 1.82) is 0 Å². The Morgan fingerprint density at radius 3 is 3.11 bits per heavy atom. The predicted molar refractivity (Wildman–Crippen MR) is 77.3 cm³/mol. The maximum Gasteiger partial charge on any atom is 0.128 e. The highest BCUT2D eigenvalue weighted by molar-refractivity contribution is 6.17. The zero-order valence-electron chi connectivity index (χ0n) is 11.3. The van der Waals surface area contributed by atoms with Crippen LogP contribution in [-0.2, 0) is 5.88 Å². The van der Waals surface area contributed by atoms with E-state index in [1.54, 1.807) is 0 Å². The summed E-state index contributed by atoms with van der Waals surface area (Å²) in [5.41, 5.74) is 1.13. The minimum absolute atomic E-state index is 0.549. The third kappa shape index (κ3) is 3.15. The lowest BCUT2D eigenvalue weighted by atomic mass is 10.2. The molecular weight excluding hydrogens is 246 g/mol. The van der Waals surface area contributed by atoms with Gasteiger partial charge in [0.1, 0.15) is 5.82 Å². The van der Waals surface area contributed by atoms with Gasteiger partial charge >= 0.3 is 0 Å². The zero-order valence-corrected chi connectivity index (χ0v) is 12.0. The molecule has 0 aliphatic carbocycles. The molecule has 0 N–H and O–H groups in total. The standard InChI is InChI=1S/C14H22ClN3/c1-3-18-8-4-5-13(18)11-17(2)14-9-12(10-15)6-7-16-14/h6-7,9,13H,3-5,8,10-11H2,1-2H3. The predicted octanol–water partition coefficient (Wildman–Crippen LogP) is 2.74. The van der Waals surface area contributed by atoms with Crippen molar-refractivity contribution in [3.8, 4) is 0 Å². The van der Waals surface area contributed by atoms with E-state index in [-0.39, 0.29) is 0 Å². The van der Waals surface area contributed by atoms with Gasteiger partial charge < -0.3 is 4.90 Å². The highest BCUT2D eigenvalue weighted by Crippen LogP contribution is 2.20. The van der Waals surface area contributed by atoms with Crippen LogP contribution < -0.4 is 4.90 Å². The number of nitrogens with zero attached hydrogens (tertiary/aromatic N) is 3. The molecule has 0 aromatic carbocycles. The van der Waals surface area contributed by atoms with Gasteiger partial charge in [-0.05, 0) is 43.6 Å². The number of alkyl halides is 1. The van der Waals surface area contributed by atoms with E-state index in [4.69, 9.17) is 11.6 Å². The van der Waals surface area contributed by atoms with Crippen molar-refractivity contribution in [2.24, 2.45) is 0 Å². The summed E-state index contributed by atoms with van der Waals surface area (Å²) in [5.74, 6) is 1.57. The maximum atomic E-state index is 5.86. The molecule has 0 saturated carbocycles. The van der Waals surface area contributed by atoms with Gasteiger partial charge in [-0.3, -0.25) is 4.90 Å². The van der Waals surface area contributed by atoms with Crippen LogP contribution in [0.2, 0.25) is 0 Å². The van der Waals surface area contributed by atoms with Crippen molar-refractivity contribution in [3.05, 3.63) is 23.9 Å². The molecule has 0 bridgehead atoms. The van der Waals surface area contributed by atoms with Crippen molar-refractivity contribution in [2.75, 3.05) is 31.6 Å². The minimum atomic E-state index is 0.549. The Balaban J connectivity index is 2.00. The molecule has 3 nitrogen and oxygen atoms in total. The summed E-state index contributed by atoms with van der Waals surface area (Å²) < 4.78 is 0. The summed E-state index contributed by atoms with van der Waals surface area (Å²) in [6, 6.07) is 4.72. The lowest BCUT2D eigenvalue weighted by molar-refractivity contribution is 0.270. The average Bonchev–Trinajstić information content (AvgIpc) is 2.86. The van der Waals surface area contributed by atoms with Crippen LogP contribution in [-0.4, -0.2) is 42.6 Å². The van der Waals surface area contributed by atoms with E-state index in [1.165, 1.54) is 19.4 Å². The molecule has 1 saturated heterocycles. The summed E-state index contributed by atoms with van der Waals surface area (Å²) in [6.07, 6.45) is 4.46. The number of aromatic nitrogens is 1. The van der Waals surface area contributed by atoms with Gasteiger partial charge in [0.25, 0.3) is 0 Å². The number of likely N-dealkylation sites (N-methyl/N-ethyl adjacent to an activating group) is 2. The van der Waals surface area contributed by atoms with Crippen LogP contribution in [0.25, 0.3) is 0 Å². The van der Waals surface area contributed by atoms with Crippen LogP contribution in [0.1, 0.15) is 25.3 Å². The van der Waals surface area contributed by atoms with Crippen LogP contribution in [0.5, 0.6) is 0 Å². The molecule has 1 fully saturated rings. The molecule has 1 aliphatic rings. The molecular formula is C14H22ClN3. The summed E-state index contributed by atoms with van der Waals surface area (Å²) in [7, 11) is 2.12. The fourth-order valence-electron chi connectivity index (χ4n) is 2.68. The Morgan fingerprint density at radius 1 is 1.56 bits per heavy atom. The maximum absolute atomic E-state index is 5.86. The lowest BCUT2D eigenvalue weighted by Crippen LogP contribution is -2.39. The molecule has 0 spiro atoms. The highest BCUT2D eigenvalue weighted by atomic mass is 35.5. The molecule has 1 unspecified atom stereocenters. The first-order valence-corrected chi connectivity index (χ1v) is 7.24. The Hall–Kier alpha value is -0.800. The SMILES string of the molecule is CCN1CCCC1CN(C)c1cc(CCl)ccn1. The second-order valence-electron chi connectivity index (χ2n) is 4.96. The molecule has 4 heteroatoms.